The molecule has 0 spiro atoms. The molecule has 2 saturated heterocycles. The van der Waals surface area contributed by atoms with Crippen LogP contribution >= 0.6 is 0 Å². The third-order valence-corrected chi connectivity index (χ3v) is 4.22. The molecule has 2 aliphatic heterocycles. The molecule has 1 aromatic rings. The van der Waals surface area contributed by atoms with Gasteiger partial charge in [0.15, 0.2) is 12.1 Å². The Morgan fingerprint density at radius 1 is 1.12 bits per heavy atom. The largest absolute Gasteiger partial charge is 0.394 e. The molecule has 0 aliphatic carbocycles. The summed E-state index contributed by atoms with van der Waals surface area (Å²) in [6.45, 7) is 3.29. The van der Waals surface area contributed by atoms with Gasteiger partial charge in [-0.05, 0) is 19.4 Å². The Labute approximate surface area is 140 Å². The lowest BCUT2D eigenvalue weighted by Crippen LogP contribution is -2.46. The van der Waals surface area contributed by atoms with Crippen LogP contribution in [0.2, 0.25) is 0 Å². The molecule has 2 aliphatic rings. The topological polar surface area (TPSA) is 97.6 Å². The lowest BCUT2D eigenvalue weighted by Gasteiger charge is -2.28. The number of hydrogen-bond donors (Lipinski definition) is 3. The monoisotopic (exact) mass is 340 g/mol. The van der Waals surface area contributed by atoms with Gasteiger partial charge in [-0.25, -0.2) is 0 Å². The average molecular weight is 340 g/mol. The molecular formula is C17H24O7. The van der Waals surface area contributed by atoms with Crippen molar-refractivity contribution in [1.29, 1.82) is 0 Å². The van der Waals surface area contributed by atoms with Crippen LogP contribution in [0.5, 0.6) is 0 Å². The number of aliphatic hydroxyl groups excluding tert-OH is 3. The van der Waals surface area contributed by atoms with Crippen molar-refractivity contribution in [3.63, 3.8) is 0 Å². The van der Waals surface area contributed by atoms with E-state index >= 15 is 0 Å². The summed E-state index contributed by atoms with van der Waals surface area (Å²) in [5.41, 5.74) is 0.982. The molecular weight excluding hydrogens is 316 g/mol. The molecule has 0 aromatic heterocycles. The Bertz CT molecular complexity index is 535. The van der Waals surface area contributed by atoms with Crippen LogP contribution in [0.4, 0.5) is 0 Å². The van der Waals surface area contributed by atoms with E-state index in [4.69, 9.17) is 24.1 Å². The Morgan fingerprint density at radius 2 is 1.79 bits per heavy atom. The van der Waals surface area contributed by atoms with Gasteiger partial charge in [-0.15, -0.1) is 0 Å². The average Bonchev–Trinajstić information content (AvgIpc) is 3.05. The van der Waals surface area contributed by atoms with E-state index in [-0.39, 0.29) is 0 Å². The van der Waals surface area contributed by atoms with Gasteiger partial charge in [0.05, 0.1) is 13.2 Å². The van der Waals surface area contributed by atoms with E-state index in [1.165, 1.54) is 0 Å². The molecule has 0 unspecified atom stereocenters. The van der Waals surface area contributed by atoms with Crippen molar-refractivity contribution in [2.24, 2.45) is 0 Å². The van der Waals surface area contributed by atoms with Crippen molar-refractivity contribution in [2.45, 2.75) is 63.1 Å². The summed E-state index contributed by atoms with van der Waals surface area (Å²) in [5.74, 6) is -0.838. The maximum absolute atomic E-state index is 10.2. The van der Waals surface area contributed by atoms with Crippen LogP contribution in [-0.2, 0) is 25.6 Å². The molecule has 6 atom stereocenters. The van der Waals surface area contributed by atoms with Crippen molar-refractivity contribution < 1.29 is 34.3 Å². The quantitative estimate of drug-likeness (QED) is 0.679. The normalized spacial score (nSPS) is 34.0. The molecule has 0 radical (unpaired) electrons. The van der Waals surface area contributed by atoms with E-state index < -0.39 is 49.2 Å². The highest BCUT2D eigenvalue weighted by Crippen LogP contribution is 2.40. The summed E-state index contributed by atoms with van der Waals surface area (Å²) in [4.78, 5) is 0. The summed E-state index contributed by atoms with van der Waals surface area (Å²) in [7, 11) is 0. The second kappa shape index (κ2) is 7.05. The Balaban J connectivity index is 1.70. The molecule has 3 rings (SSSR count). The van der Waals surface area contributed by atoms with E-state index in [0.717, 1.165) is 5.56 Å². The molecule has 1 aromatic carbocycles. The lowest BCUT2D eigenvalue weighted by molar-refractivity contribution is -0.251. The summed E-state index contributed by atoms with van der Waals surface area (Å²) in [6.07, 6.45) is -5.31. The zero-order valence-corrected chi connectivity index (χ0v) is 13.7. The van der Waals surface area contributed by atoms with E-state index in [1.54, 1.807) is 13.8 Å². The molecule has 7 nitrogen and oxygen atoms in total. The lowest BCUT2D eigenvalue weighted by atomic mass is 10.0. The summed E-state index contributed by atoms with van der Waals surface area (Å²) in [6, 6.07) is 9.62. The van der Waals surface area contributed by atoms with Gasteiger partial charge in [0.25, 0.3) is 0 Å². The van der Waals surface area contributed by atoms with Gasteiger partial charge in [-0.3, -0.25) is 0 Å². The number of benzene rings is 1. The molecule has 3 N–H and O–H groups in total. The van der Waals surface area contributed by atoms with Crippen molar-refractivity contribution in [3.05, 3.63) is 35.9 Å². The Hall–Kier alpha value is -1.06. The predicted molar refractivity (Wildman–Crippen MR) is 82.8 cm³/mol. The fourth-order valence-corrected chi connectivity index (χ4v) is 3.08. The standard InChI is InChI=1S/C17H24O7/c1-17(2)23-14-13(12(20)11(19)8-18)22-16(15(14)24-17)21-9-10-6-4-3-5-7-10/h3-7,11-16,18-20H,8-9H2,1-2H3/t11-,12-,13-,14+,15-,16-/m1/s1. The molecule has 24 heavy (non-hydrogen) atoms. The zero-order chi connectivity index (χ0) is 17.3. The Morgan fingerprint density at radius 3 is 2.46 bits per heavy atom. The highest BCUT2D eigenvalue weighted by atomic mass is 16.8. The second-order valence-electron chi connectivity index (χ2n) is 6.57. The molecule has 0 amide bonds. The number of aliphatic hydroxyl groups is 3. The van der Waals surface area contributed by atoms with Crippen molar-refractivity contribution >= 4 is 0 Å². The van der Waals surface area contributed by atoms with Gasteiger partial charge < -0.3 is 34.3 Å². The first kappa shape index (κ1) is 17.8. The van der Waals surface area contributed by atoms with Gasteiger partial charge in [-0.1, -0.05) is 30.3 Å². The van der Waals surface area contributed by atoms with Crippen molar-refractivity contribution in [2.75, 3.05) is 6.61 Å². The first-order valence-corrected chi connectivity index (χ1v) is 8.05. The molecule has 7 heteroatoms. The van der Waals surface area contributed by atoms with E-state index in [1.807, 2.05) is 30.3 Å². The van der Waals surface area contributed by atoms with Gasteiger partial charge in [0.1, 0.15) is 30.5 Å². The van der Waals surface area contributed by atoms with Crippen molar-refractivity contribution in [3.8, 4) is 0 Å². The smallest absolute Gasteiger partial charge is 0.187 e. The predicted octanol–water partition coefficient (Wildman–Crippen LogP) is 0.162. The van der Waals surface area contributed by atoms with Gasteiger partial charge in [0.2, 0.25) is 0 Å². The summed E-state index contributed by atoms with van der Waals surface area (Å²) in [5, 5.41) is 29.0. The van der Waals surface area contributed by atoms with Crippen LogP contribution in [0.1, 0.15) is 19.4 Å². The molecule has 2 fully saturated rings. The van der Waals surface area contributed by atoms with Crippen LogP contribution in [-0.4, -0.2) is 64.5 Å². The highest BCUT2D eigenvalue weighted by molar-refractivity contribution is 5.13. The molecule has 134 valence electrons. The third-order valence-electron chi connectivity index (χ3n) is 4.22. The maximum Gasteiger partial charge on any atom is 0.187 e. The van der Waals surface area contributed by atoms with E-state index in [2.05, 4.69) is 0 Å². The van der Waals surface area contributed by atoms with Crippen LogP contribution in [0.3, 0.4) is 0 Å². The first-order valence-electron chi connectivity index (χ1n) is 8.05. The second-order valence-corrected chi connectivity index (χ2v) is 6.57. The summed E-state index contributed by atoms with van der Waals surface area (Å²) >= 11 is 0. The van der Waals surface area contributed by atoms with E-state index in [9.17, 15) is 10.2 Å². The fourth-order valence-electron chi connectivity index (χ4n) is 3.08. The number of rotatable bonds is 6. The van der Waals surface area contributed by atoms with Gasteiger partial charge in [-0.2, -0.15) is 0 Å². The van der Waals surface area contributed by atoms with Crippen molar-refractivity contribution in [1.82, 2.24) is 0 Å². The van der Waals surface area contributed by atoms with E-state index in [0.29, 0.717) is 6.61 Å². The zero-order valence-electron chi connectivity index (χ0n) is 13.7. The van der Waals surface area contributed by atoms with Crippen LogP contribution in [0, 0.1) is 0 Å². The van der Waals surface area contributed by atoms with Gasteiger partial charge in [0, 0.05) is 0 Å². The summed E-state index contributed by atoms with van der Waals surface area (Å²) < 4.78 is 23.2. The Kier molecular flexibility index (Phi) is 5.22. The SMILES string of the molecule is CC1(C)O[C@H]2[C@@H]([C@H](O)[C@H](O)CO)O[C@@H](OCc3ccccc3)[C@@H]2O1. The number of ether oxygens (including phenoxy) is 4. The maximum atomic E-state index is 10.2. The third kappa shape index (κ3) is 3.62. The minimum absolute atomic E-state index is 0.323. The molecule has 2 heterocycles. The highest BCUT2D eigenvalue weighted by Gasteiger charge is 2.58. The molecule has 0 bridgehead atoms. The molecule has 0 saturated carbocycles. The van der Waals surface area contributed by atoms with Crippen LogP contribution in [0.25, 0.3) is 0 Å². The number of fused-ring (bicyclic) bond motifs is 1. The minimum atomic E-state index is -1.32. The fraction of sp³-hybridized carbons (Fsp3) is 0.647. The number of hydrogen-bond acceptors (Lipinski definition) is 7. The van der Waals surface area contributed by atoms with Crippen LogP contribution in [0.15, 0.2) is 30.3 Å². The van der Waals surface area contributed by atoms with Crippen LogP contribution < -0.4 is 0 Å². The minimum Gasteiger partial charge on any atom is -0.394 e. The van der Waals surface area contributed by atoms with Gasteiger partial charge >= 0.3 is 0 Å². The first-order chi connectivity index (χ1) is 11.4.